The van der Waals surface area contributed by atoms with Crippen molar-refractivity contribution in [1.29, 1.82) is 0 Å². The number of amides is 1. The quantitative estimate of drug-likeness (QED) is 0.234. The Balaban J connectivity index is 1.39. The number of fused-ring (bicyclic) bond motifs is 1. The molecule has 1 atom stereocenters. The van der Waals surface area contributed by atoms with E-state index in [1.54, 1.807) is 22.8 Å². The first-order chi connectivity index (χ1) is 17.9. The van der Waals surface area contributed by atoms with Gasteiger partial charge in [-0.1, -0.05) is 39.6 Å². The number of nitrogens with one attached hydrogen (secondary N) is 3. The standard InChI is InChI=1S/C28H27N6O2P/c1-17-10-19(13-21(35)11-17)28(36)32-20-7-5-6-18(12-20)15-30-26-14-24(22-8-3-4-9-23(22)29-2)33-27-25(37)16-31-34(26)27/h3-14,16,29-30,35H,15,37H2,1-2H3,(H,32,36). The van der Waals surface area contributed by atoms with E-state index in [9.17, 15) is 9.90 Å². The summed E-state index contributed by atoms with van der Waals surface area (Å²) in [5.74, 6) is 0.581. The SMILES string of the molecule is CNc1ccccc1-c1cc(NCc2cccc(NC(=O)c3cc(C)cc(O)c3)c2)n2ncc(P)c2n1. The molecule has 1 unspecified atom stereocenters. The Kier molecular flexibility index (Phi) is 6.75. The summed E-state index contributed by atoms with van der Waals surface area (Å²) in [6, 6.07) is 22.5. The molecule has 0 fully saturated rings. The highest BCUT2D eigenvalue weighted by Gasteiger charge is 2.13. The van der Waals surface area contributed by atoms with Gasteiger partial charge in [0, 0.05) is 47.5 Å². The second-order valence-electron chi connectivity index (χ2n) is 8.72. The third-order valence-electron chi connectivity index (χ3n) is 5.95. The Morgan fingerprint density at radius 1 is 1.05 bits per heavy atom. The number of aromatic hydroxyl groups is 1. The number of aryl methyl sites for hydroxylation is 1. The van der Waals surface area contributed by atoms with Crippen LogP contribution in [-0.4, -0.2) is 32.7 Å². The maximum Gasteiger partial charge on any atom is 0.255 e. The van der Waals surface area contributed by atoms with Gasteiger partial charge in [0.1, 0.15) is 11.6 Å². The van der Waals surface area contributed by atoms with Gasteiger partial charge in [0.05, 0.1) is 11.9 Å². The largest absolute Gasteiger partial charge is 0.508 e. The number of phenolic OH excluding ortho intramolecular Hbond substituents is 1. The number of para-hydroxylation sites is 1. The summed E-state index contributed by atoms with van der Waals surface area (Å²) in [6.45, 7) is 2.34. The molecule has 0 spiro atoms. The van der Waals surface area contributed by atoms with E-state index in [1.165, 1.54) is 6.07 Å². The second kappa shape index (κ2) is 10.3. The minimum Gasteiger partial charge on any atom is -0.508 e. The van der Waals surface area contributed by atoms with Crippen molar-refractivity contribution in [3.8, 4) is 17.0 Å². The van der Waals surface area contributed by atoms with E-state index in [4.69, 9.17) is 4.98 Å². The second-order valence-corrected chi connectivity index (χ2v) is 9.34. The van der Waals surface area contributed by atoms with Gasteiger partial charge in [0.15, 0.2) is 5.65 Å². The Morgan fingerprint density at radius 2 is 1.89 bits per heavy atom. The number of rotatable bonds is 7. The maximum absolute atomic E-state index is 12.7. The van der Waals surface area contributed by atoms with Crippen LogP contribution in [0.25, 0.3) is 16.9 Å². The van der Waals surface area contributed by atoms with Crippen LogP contribution in [0.2, 0.25) is 0 Å². The average Bonchev–Trinajstić information content (AvgIpc) is 3.27. The van der Waals surface area contributed by atoms with Crippen LogP contribution in [0.15, 0.2) is 79.0 Å². The Labute approximate surface area is 217 Å². The molecule has 0 radical (unpaired) electrons. The highest BCUT2D eigenvalue weighted by Crippen LogP contribution is 2.29. The highest BCUT2D eigenvalue weighted by atomic mass is 31.0. The zero-order valence-corrected chi connectivity index (χ0v) is 21.6. The van der Waals surface area contributed by atoms with E-state index in [1.807, 2.05) is 68.6 Å². The van der Waals surface area contributed by atoms with Gasteiger partial charge in [0.25, 0.3) is 5.91 Å². The number of benzene rings is 3. The molecule has 5 aromatic rings. The van der Waals surface area contributed by atoms with Crippen molar-refractivity contribution in [2.45, 2.75) is 13.5 Å². The van der Waals surface area contributed by atoms with Crippen molar-refractivity contribution in [1.82, 2.24) is 14.6 Å². The first kappa shape index (κ1) is 24.3. The summed E-state index contributed by atoms with van der Waals surface area (Å²) in [6.07, 6.45) is 1.77. The Bertz CT molecular complexity index is 1590. The molecular weight excluding hydrogens is 483 g/mol. The third kappa shape index (κ3) is 5.25. The van der Waals surface area contributed by atoms with E-state index >= 15 is 0 Å². The number of phenols is 1. The third-order valence-corrected chi connectivity index (χ3v) is 6.36. The lowest BCUT2D eigenvalue weighted by Crippen LogP contribution is -2.12. The van der Waals surface area contributed by atoms with Crippen molar-refractivity contribution in [3.05, 3.63) is 95.7 Å². The number of aromatic nitrogens is 3. The number of carbonyl (C=O) groups excluding carboxylic acids is 1. The van der Waals surface area contributed by atoms with Gasteiger partial charge in [-0.25, -0.2) is 4.98 Å². The highest BCUT2D eigenvalue weighted by molar-refractivity contribution is 7.28. The van der Waals surface area contributed by atoms with Crippen LogP contribution in [0, 0.1) is 6.92 Å². The van der Waals surface area contributed by atoms with Crippen LogP contribution in [0.1, 0.15) is 21.5 Å². The fourth-order valence-corrected chi connectivity index (χ4v) is 4.47. The maximum atomic E-state index is 12.7. The molecule has 0 aliphatic carbocycles. The lowest BCUT2D eigenvalue weighted by atomic mass is 10.1. The molecule has 4 N–H and O–H groups in total. The molecule has 8 nitrogen and oxygen atoms in total. The molecule has 1 amide bonds. The summed E-state index contributed by atoms with van der Waals surface area (Å²) in [7, 11) is 4.58. The molecule has 2 heterocycles. The molecule has 0 saturated carbocycles. The van der Waals surface area contributed by atoms with E-state index in [0.29, 0.717) is 17.8 Å². The summed E-state index contributed by atoms with van der Waals surface area (Å²) >= 11 is 0. The minimum atomic E-state index is -0.280. The van der Waals surface area contributed by atoms with Crippen LogP contribution in [0.4, 0.5) is 17.2 Å². The molecule has 0 saturated heterocycles. The molecule has 186 valence electrons. The van der Waals surface area contributed by atoms with Crippen LogP contribution >= 0.6 is 9.24 Å². The van der Waals surface area contributed by atoms with Crippen molar-refractivity contribution in [2.75, 3.05) is 23.0 Å². The zero-order chi connectivity index (χ0) is 25.9. The summed E-state index contributed by atoms with van der Waals surface area (Å²) in [4.78, 5) is 17.6. The predicted molar refractivity (Wildman–Crippen MR) is 152 cm³/mol. The van der Waals surface area contributed by atoms with Crippen molar-refractivity contribution in [2.24, 2.45) is 0 Å². The van der Waals surface area contributed by atoms with Crippen molar-refractivity contribution < 1.29 is 9.90 Å². The molecule has 9 heteroatoms. The summed E-state index contributed by atoms with van der Waals surface area (Å²) in [5, 5.41) is 24.8. The van der Waals surface area contributed by atoms with Crippen LogP contribution in [0.5, 0.6) is 5.75 Å². The first-order valence-electron chi connectivity index (χ1n) is 11.8. The van der Waals surface area contributed by atoms with Gasteiger partial charge in [0.2, 0.25) is 0 Å². The molecule has 5 rings (SSSR count). The van der Waals surface area contributed by atoms with E-state index in [-0.39, 0.29) is 11.7 Å². The topological polar surface area (TPSA) is 104 Å². The average molecular weight is 511 g/mol. The summed E-state index contributed by atoms with van der Waals surface area (Å²) < 4.78 is 1.78. The first-order valence-corrected chi connectivity index (χ1v) is 12.4. The fraction of sp³-hybridized carbons (Fsp3) is 0.107. The van der Waals surface area contributed by atoms with Gasteiger partial charge in [-0.3, -0.25) is 4.79 Å². The normalized spacial score (nSPS) is 10.9. The van der Waals surface area contributed by atoms with Gasteiger partial charge < -0.3 is 21.1 Å². The fourth-order valence-electron chi connectivity index (χ4n) is 4.22. The zero-order valence-electron chi connectivity index (χ0n) is 20.5. The van der Waals surface area contributed by atoms with Gasteiger partial charge >= 0.3 is 0 Å². The predicted octanol–water partition coefficient (Wildman–Crippen LogP) is 4.82. The van der Waals surface area contributed by atoms with Crippen LogP contribution < -0.4 is 21.3 Å². The number of hydrogen-bond acceptors (Lipinski definition) is 6. The molecule has 0 bridgehead atoms. The molecule has 3 aromatic carbocycles. The Morgan fingerprint density at radius 3 is 2.70 bits per heavy atom. The molecule has 37 heavy (non-hydrogen) atoms. The molecule has 0 aliphatic rings. The van der Waals surface area contributed by atoms with Gasteiger partial charge in [-0.05, 0) is 54.4 Å². The number of hydrogen-bond donors (Lipinski definition) is 4. The molecular formula is C28H27N6O2P. The molecule has 2 aromatic heterocycles. The lowest BCUT2D eigenvalue weighted by Gasteiger charge is -2.14. The van der Waals surface area contributed by atoms with Crippen molar-refractivity contribution in [3.63, 3.8) is 0 Å². The monoisotopic (exact) mass is 510 g/mol. The Hall–Kier alpha value is -4.42. The lowest BCUT2D eigenvalue weighted by molar-refractivity contribution is 0.102. The van der Waals surface area contributed by atoms with Crippen LogP contribution in [-0.2, 0) is 6.54 Å². The van der Waals surface area contributed by atoms with Gasteiger partial charge in [-0.2, -0.15) is 9.61 Å². The van der Waals surface area contributed by atoms with Gasteiger partial charge in [-0.15, -0.1) is 0 Å². The summed E-state index contributed by atoms with van der Waals surface area (Å²) in [5.41, 5.74) is 6.42. The van der Waals surface area contributed by atoms with E-state index < -0.39 is 0 Å². The van der Waals surface area contributed by atoms with E-state index in [0.717, 1.165) is 44.8 Å². The smallest absolute Gasteiger partial charge is 0.255 e. The molecule has 0 aliphatic heterocycles. The van der Waals surface area contributed by atoms with E-state index in [2.05, 4.69) is 30.3 Å². The van der Waals surface area contributed by atoms with Crippen LogP contribution in [0.3, 0.4) is 0 Å². The number of anilines is 3. The minimum absolute atomic E-state index is 0.0655. The number of carbonyl (C=O) groups is 1. The number of nitrogens with zero attached hydrogens (tertiary/aromatic N) is 3. The van der Waals surface area contributed by atoms with Crippen molar-refractivity contribution >= 4 is 43.3 Å².